The number of rotatable bonds is 8. The molecule has 3 aliphatic heterocycles. The van der Waals surface area contributed by atoms with Gasteiger partial charge in [-0.25, -0.2) is 28.1 Å². The smallest absolute Gasteiger partial charge is 0.296 e. The number of nitrogens with one attached hydrogen (secondary N) is 1. The van der Waals surface area contributed by atoms with Crippen LogP contribution < -0.4 is 9.47 Å². The van der Waals surface area contributed by atoms with Gasteiger partial charge < -0.3 is 18.8 Å². The molecule has 2 saturated heterocycles. The van der Waals surface area contributed by atoms with Crippen LogP contribution in [0.1, 0.15) is 61.3 Å². The third-order valence-electron chi connectivity index (χ3n) is 9.23. The zero-order valence-electron chi connectivity index (χ0n) is 25.4. The van der Waals surface area contributed by atoms with Crippen LogP contribution in [-0.2, 0) is 23.6 Å². The highest BCUT2D eigenvalue weighted by Crippen LogP contribution is 2.50. The van der Waals surface area contributed by atoms with Crippen LogP contribution in [0, 0.1) is 5.82 Å². The summed E-state index contributed by atoms with van der Waals surface area (Å²) in [4.78, 5) is 15.9. The highest BCUT2D eigenvalue weighted by molar-refractivity contribution is 6.30. The molecule has 2 aromatic carbocycles. The van der Waals surface area contributed by atoms with Crippen molar-refractivity contribution in [3.05, 3.63) is 82.3 Å². The van der Waals surface area contributed by atoms with Crippen molar-refractivity contribution in [3.8, 4) is 22.9 Å². The molecule has 10 nitrogen and oxygen atoms in total. The third kappa shape index (κ3) is 5.59. The van der Waals surface area contributed by atoms with Crippen molar-refractivity contribution in [2.24, 2.45) is 0 Å². The van der Waals surface area contributed by atoms with Crippen molar-refractivity contribution in [1.29, 1.82) is 0 Å². The second kappa shape index (κ2) is 11.8. The number of benzene rings is 2. The van der Waals surface area contributed by atoms with E-state index in [1.54, 1.807) is 31.3 Å². The molecule has 47 heavy (non-hydrogen) atoms. The van der Waals surface area contributed by atoms with E-state index in [4.69, 9.17) is 30.8 Å². The van der Waals surface area contributed by atoms with Crippen LogP contribution >= 0.6 is 11.6 Å². The van der Waals surface area contributed by atoms with Gasteiger partial charge >= 0.3 is 0 Å². The fourth-order valence-corrected chi connectivity index (χ4v) is 6.82. The maximum Gasteiger partial charge on any atom is 0.296 e. The Morgan fingerprint density at radius 2 is 1.91 bits per heavy atom. The highest BCUT2D eigenvalue weighted by Gasteiger charge is 2.43. The first-order valence-corrected chi connectivity index (χ1v) is 16.0. The summed E-state index contributed by atoms with van der Waals surface area (Å²) in [5, 5.41) is 6.53. The van der Waals surface area contributed by atoms with Gasteiger partial charge in [0.15, 0.2) is 28.8 Å². The zero-order valence-corrected chi connectivity index (χ0v) is 26.2. The minimum atomic E-state index is -2.74. The van der Waals surface area contributed by atoms with Gasteiger partial charge in [0, 0.05) is 35.9 Å². The minimum absolute atomic E-state index is 0.0920. The fraction of sp³-hybridized carbons (Fsp3) is 0.394. The molecule has 1 unspecified atom stereocenters. The van der Waals surface area contributed by atoms with Crippen molar-refractivity contribution in [3.63, 3.8) is 0 Å². The summed E-state index contributed by atoms with van der Waals surface area (Å²) in [5.41, 5.74) is 3.19. The number of hydrogen-bond donors (Lipinski definition) is 1. The molecule has 14 heteroatoms. The lowest BCUT2D eigenvalue weighted by Crippen LogP contribution is -2.35. The summed E-state index contributed by atoms with van der Waals surface area (Å²) in [6.07, 6.45) is 1.68. The first kappa shape index (κ1) is 30.2. The van der Waals surface area contributed by atoms with Crippen molar-refractivity contribution < 1.29 is 27.4 Å². The molecule has 8 rings (SSSR count). The van der Waals surface area contributed by atoms with Gasteiger partial charge in [0.2, 0.25) is 0 Å². The number of aromatic amines is 1. The molecule has 0 saturated carbocycles. The molecule has 3 aromatic heterocycles. The van der Waals surface area contributed by atoms with Crippen molar-refractivity contribution in [1.82, 2.24) is 34.6 Å². The number of para-hydroxylation sites is 1. The van der Waals surface area contributed by atoms with Crippen LogP contribution in [0.15, 0.2) is 48.7 Å². The van der Waals surface area contributed by atoms with E-state index >= 15 is 0 Å². The van der Waals surface area contributed by atoms with Crippen LogP contribution in [0.3, 0.4) is 0 Å². The van der Waals surface area contributed by atoms with Crippen LogP contribution in [0.5, 0.6) is 11.5 Å². The number of imidazole rings is 1. The quantitative estimate of drug-likeness (QED) is 0.194. The second-order valence-corrected chi connectivity index (χ2v) is 12.8. The monoisotopic (exact) mass is 665 g/mol. The molecule has 6 heterocycles. The summed E-state index contributed by atoms with van der Waals surface area (Å²) < 4.78 is 61.4. The van der Waals surface area contributed by atoms with Crippen LogP contribution in [0.2, 0.25) is 5.02 Å². The molecule has 0 radical (unpaired) electrons. The Morgan fingerprint density at radius 3 is 2.64 bits per heavy atom. The molecule has 0 spiro atoms. The average molecular weight is 666 g/mol. The summed E-state index contributed by atoms with van der Waals surface area (Å²) >= 11 is 5.98. The van der Waals surface area contributed by atoms with Crippen LogP contribution in [-0.4, -0.2) is 60.4 Å². The number of pyridine rings is 1. The number of nitrogens with zero attached hydrogens (tertiary/aromatic N) is 6. The number of halogens is 4. The molecule has 2 atom stereocenters. The van der Waals surface area contributed by atoms with E-state index in [-0.39, 0.29) is 23.4 Å². The van der Waals surface area contributed by atoms with Gasteiger partial charge in [0.05, 0.1) is 24.8 Å². The van der Waals surface area contributed by atoms with Gasteiger partial charge in [0.25, 0.3) is 12.2 Å². The number of aromatic nitrogens is 6. The molecule has 0 amide bonds. The van der Waals surface area contributed by atoms with Crippen molar-refractivity contribution >= 4 is 22.8 Å². The summed E-state index contributed by atoms with van der Waals surface area (Å²) in [5.74, 6) is 0.214. The topological polar surface area (TPSA) is 103 Å². The minimum Gasteiger partial charge on any atom is -0.444 e. The maximum atomic E-state index is 14.9. The SMILES string of the molecule is CC1(c2ccc(Cl)cc2F)Oc2cccc(C3CCN(Cc4nc5cc(-c6n[nH]c(C(F)F)n6)cnc5n4C[C@@H]4CCO4)CC3)c2O1. The van der Waals surface area contributed by atoms with E-state index in [2.05, 4.69) is 35.7 Å². The molecule has 5 aromatic rings. The van der Waals surface area contributed by atoms with E-state index in [9.17, 15) is 13.2 Å². The van der Waals surface area contributed by atoms with Gasteiger partial charge in [-0.2, -0.15) is 5.10 Å². The Kier molecular flexibility index (Phi) is 7.57. The predicted molar refractivity (Wildman–Crippen MR) is 166 cm³/mol. The summed E-state index contributed by atoms with van der Waals surface area (Å²) in [7, 11) is 0. The fourth-order valence-electron chi connectivity index (χ4n) is 6.66. The number of hydrogen-bond acceptors (Lipinski definition) is 8. The molecule has 0 bridgehead atoms. The lowest BCUT2D eigenvalue weighted by atomic mass is 9.88. The van der Waals surface area contributed by atoms with Crippen molar-refractivity contribution in [2.45, 2.75) is 63.5 Å². The van der Waals surface area contributed by atoms with Gasteiger partial charge in [-0.1, -0.05) is 23.7 Å². The van der Waals surface area contributed by atoms with Crippen molar-refractivity contribution in [2.75, 3.05) is 19.7 Å². The highest BCUT2D eigenvalue weighted by atomic mass is 35.5. The Labute approximate surface area is 272 Å². The summed E-state index contributed by atoms with van der Waals surface area (Å²) in [6.45, 7) is 5.35. The average Bonchev–Trinajstić information content (AvgIpc) is 3.74. The lowest BCUT2D eigenvalue weighted by molar-refractivity contribution is -0.0712. The van der Waals surface area contributed by atoms with E-state index in [1.807, 2.05) is 12.1 Å². The van der Waals surface area contributed by atoms with E-state index in [0.29, 0.717) is 46.3 Å². The Hall–Kier alpha value is -4.20. The Balaban J connectivity index is 0.997. The molecule has 0 aliphatic carbocycles. The Bertz CT molecular complexity index is 1960. The lowest BCUT2D eigenvalue weighted by Gasteiger charge is -2.33. The first-order chi connectivity index (χ1) is 22.7. The zero-order chi connectivity index (χ0) is 32.3. The molecule has 244 valence electrons. The van der Waals surface area contributed by atoms with Gasteiger partial charge in [-0.05, 0) is 68.6 Å². The van der Waals surface area contributed by atoms with E-state index in [1.165, 1.54) is 6.07 Å². The molecule has 3 aliphatic rings. The van der Waals surface area contributed by atoms with Gasteiger partial charge in [0.1, 0.15) is 17.2 Å². The standard InChI is InChI=1S/C33H31ClF3N7O3/c1-33(23-6-5-20(34)14-24(23)35)46-26-4-2-3-22(28(26)47-33)18-7-10-43(11-8-18)17-27-39-25-13-19(30-40-31(29(36)37)42-41-30)15-38-32(25)44(27)16-21-9-12-45-21/h2-6,13-15,18,21,29H,7-12,16-17H2,1H3,(H,40,41,42)/t21-,33?/m0/s1. The molecular formula is C33H31ClF3N7O3. The number of piperidine rings is 1. The predicted octanol–water partition coefficient (Wildman–Crippen LogP) is 6.76. The largest absolute Gasteiger partial charge is 0.444 e. The molecule has 2 fully saturated rings. The second-order valence-electron chi connectivity index (χ2n) is 12.3. The molecule has 1 N–H and O–H groups in total. The van der Waals surface area contributed by atoms with E-state index in [0.717, 1.165) is 50.3 Å². The third-order valence-corrected chi connectivity index (χ3v) is 9.47. The van der Waals surface area contributed by atoms with E-state index < -0.39 is 23.9 Å². The number of fused-ring (bicyclic) bond motifs is 2. The van der Waals surface area contributed by atoms with Gasteiger partial charge in [-0.3, -0.25) is 10.00 Å². The number of likely N-dealkylation sites (tertiary alicyclic amines) is 1. The molecular weight excluding hydrogens is 635 g/mol. The number of alkyl halides is 2. The summed E-state index contributed by atoms with van der Waals surface area (Å²) in [6, 6.07) is 12.1. The van der Waals surface area contributed by atoms with Crippen LogP contribution in [0.25, 0.3) is 22.6 Å². The Morgan fingerprint density at radius 1 is 1.09 bits per heavy atom. The van der Waals surface area contributed by atoms with Crippen LogP contribution in [0.4, 0.5) is 13.2 Å². The number of H-pyrrole nitrogens is 1. The maximum absolute atomic E-state index is 14.9. The number of ether oxygens (including phenoxy) is 3. The first-order valence-electron chi connectivity index (χ1n) is 15.6. The van der Waals surface area contributed by atoms with Gasteiger partial charge in [-0.15, -0.1) is 0 Å². The normalized spacial score (nSPS) is 21.5.